The number of rotatable bonds is 7. The molecule has 1 aromatic carbocycles. The molecule has 0 spiro atoms. The number of hydrogen-bond donors (Lipinski definition) is 1. The van der Waals surface area contributed by atoms with Crippen molar-refractivity contribution < 1.29 is 14.3 Å². The second kappa shape index (κ2) is 8.86. The van der Waals surface area contributed by atoms with Crippen molar-refractivity contribution in [2.24, 2.45) is 11.1 Å². The highest BCUT2D eigenvalue weighted by Gasteiger charge is 2.40. The smallest absolute Gasteiger partial charge is 0.274 e. The zero-order valence-corrected chi connectivity index (χ0v) is 17.6. The zero-order valence-electron chi connectivity index (χ0n) is 16.9. The summed E-state index contributed by atoms with van der Waals surface area (Å²) in [5.41, 5.74) is 6.37. The fraction of sp³-hybridized carbons (Fsp3) is 0.476. The van der Waals surface area contributed by atoms with E-state index in [1.165, 1.54) is 0 Å². The zero-order chi connectivity index (χ0) is 21.0. The van der Waals surface area contributed by atoms with Crippen LogP contribution in [0.5, 0.6) is 5.75 Å². The average molecular weight is 419 g/mol. The highest BCUT2D eigenvalue weighted by Crippen LogP contribution is 2.35. The van der Waals surface area contributed by atoms with Crippen molar-refractivity contribution in [2.75, 3.05) is 19.7 Å². The summed E-state index contributed by atoms with van der Waals surface area (Å²) in [6.07, 6.45) is 1.67. The molecule has 2 aromatic rings. The van der Waals surface area contributed by atoms with Gasteiger partial charge in [-0.25, -0.2) is 0 Å². The van der Waals surface area contributed by atoms with E-state index < -0.39 is 11.3 Å². The predicted molar refractivity (Wildman–Crippen MR) is 111 cm³/mol. The molecule has 1 atom stereocenters. The first-order valence-corrected chi connectivity index (χ1v) is 10.2. The fourth-order valence-corrected chi connectivity index (χ4v) is 4.13. The lowest BCUT2D eigenvalue weighted by Gasteiger charge is -2.41. The van der Waals surface area contributed by atoms with Gasteiger partial charge >= 0.3 is 0 Å². The first kappa shape index (κ1) is 21.2. The Morgan fingerprint density at radius 1 is 1.34 bits per heavy atom. The first-order valence-electron chi connectivity index (χ1n) is 9.82. The monoisotopic (exact) mass is 418 g/mol. The van der Waals surface area contributed by atoms with Crippen LogP contribution in [0.3, 0.4) is 0 Å². The molecular formula is C21H27ClN4O3. The van der Waals surface area contributed by atoms with Gasteiger partial charge in [-0.05, 0) is 51.0 Å². The van der Waals surface area contributed by atoms with Crippen molar-refractivity contribution >= 4 is 23.4 Å². The van der Waals surface area contributed by atoms with Gasteiger partial charge in [-0.15, -0.1) is 0 Å². The molecule has 29 heavy (non-hydrogen) atoms. The number of halogens is 1. The number of carbonyl (C=O) groups excluding carboxylic acids is 2. The molecular weight excluding hydrogens is 392 g/mol. The predicted octanol–water partition coefficient (Wildman–Crippen LogP) is 3.04. The standard InChI is InChI=1S/C21H27ClN4O3/c1-3-26-15(2)10-18(24-26)20(28)25-9-5-8-21(13-25,12-19(23)27)14-29-17-7-4-6-16(22)11-17/h4,6-7,10-11H,3,5,8-9,12-14H2,1-2H3,(H2,23,27)/t21-/m0/s1. The summed E-state index contributed by atoms with van der Waals surface area (Å²) in [7, 11) is 0. The van der Waals surface area contributed by atoms with E-state index >= 15 is 0 Å². The second-order valence-corrected chi connectivity index (χ2v) is 8.14. The Hall–Kier alpha value is -2.54. The van der Waals surface area contributed by atoms with Gasteiger partial charge in [0.2, 0.25) is 5.91 Å². The molecule has 0 unspecified atom stereocenters. The van der Waals surface area contributed by atoms with E-state index in [2.05, 4.69) is 5.10 Å². The third kappa shape index (κ3) is 5.09. The average Bonchev–Trinajstić information content (AvgIpc) is 3.06. The van der Waals surface area contributed by atoms with Gasteiger partial charge in [0.1, 0.15) is 5.75 Å². The molecule has 2 amide bonds. The molecule has 8 heteroatoms. The van der Waals surface area contributed by atoms with E-state index in [0.717, 1.165) is 18.5 Å². The van der Waals surface area contributed by atoms with E-state index in [1.807, 2.05) is 26.0 Å². The number of amides is 2. The van der Waals surface area contributed by atoms with Crippen LogP contribution in [0.4, 0.5) is 0 Å². The van der Waals surface area contributed by atoms with E-state index in [9.17, 15) is 9.59 Å². The molecule has 1 aliphatic rings. The maximum Gasteiger partial charge on any atom is 0.274 e. The van der Waals surface area contributed by atoms with Crippen LogP contribution in [0, 0.1) is 12.3 Å². The fourth-order valence-electron chi connectivity index (χ4n) is 3.95. The van der Waals surface area contributed by atoms with Crippen LogP contribution in [0.2, 0.25) is 5.02 Å². The van der Waals surface area contributed by atoms with Crippen molar-refractivity contribution in [3.63, 3.8) is 0 Å². The molecule has 7 nitrogen and oxygen atoms in total. The van der Waals surface area contributed by atoms with Crippen molar-refractivity contribution in [3.8, 4) is 5.75 Å². The molecule has 3 rings (SSSR count). The Morgan fingerprint density at radius 3 is 2.79 bits per heavy atom. The van der Waals surface area contributed by atoms with Crippen molar-refractivity contribution in [2.45, 2.75) is 39.7 Å². The molecule has 2 N–H and O–H groups in total. The SMILES string of the molecule is CCn1nc(C(=O)N2CCC[C@](COc3cccc(Cl)c3)(CC(N)=O)C2)cc1C. The molecule has 156 valence electrons. The topological polar surface area (TPSA) is 90.4 Å². The number of hydrogen-bond acceptors (Lipinski definition) is 4. The molecule has 2 heterocycles. The van der Waals surface area contributed by atoms with Gasteiger partial charge in [0.15, 0.2) is 5.69 Å². The first-order chi connectivity index (χ1) is 13.8. The number of benzene rings is 1. The molecule has 1 aromatic heterocycles. The van der Waals surface area contributed by atoms with Crippen LogP contribution >= 0.6 is 11.6 Å². The lowest BCUT2D eigenvalue weighted by atomic mass is 9.77. The van der Waals surface area contributed by atoms with Crippen LogP contribution in [-0.4, -0.2) is 46.2 Å². The van der Waals surface area contributed by atoms with Gasteiger partial charge in [0.25, 0.3) is 5.91 Å². The second-order valence-electron chi connectivity index (χ2n) is 7.71. The summed E-state index contributed by atoms with van der Waals surface area (Å²) in [6, 6.07) is 8.92. The van der Waals surface area contributed by atoms with Crippen LogP contribution in [-0.2, 0) is 11.3 Å². The molecule has 0 bridgehead atoms. The van der Waals surface area contributed by atoms with E-state index in [0.29, 0.717) is 36.1 Å². The lowest BCUT2D eigenvalue weighted by molar-refractivity contribution is -0.122. The number of primary amides is 1. The highest BCUT2D eigenvalue weighted by molar-refractivity contribution is 6.30. The van der Waals surface area contributed by atoms with Gasteiger partial charge < -0.3 is 15.4 Å². The Morgan fingerprint density at radius 2 is 2.14 bits per heavy atom. The molecule has 0 aliphatic carbocycles. The number of nitrogens with two attached hydrogens (primary N) is 1. The molecule has 0 radical (unpaired) electrons. The number of aromatic nitrogens is 2. The highest BCUT2D eigenvalue weighted by atomic mass is 35.5. The number of ether oxygens (including phenoxy) is 1. The van der Waals surface area contributed by atoms with Gasteiger partial charge in [0.05, 0.1) is 6.61 Å². The third-order valence-corrected chi connectivity index (χ3v) is 5.57. The summed E-state index contributed by atoms with van der Waals surface area (Å²) in [5, 5.41) is 4.98. The summed E-state index contributed by atoms with van der Waals surface area (Å²) < 4.78 is 7.76. The number of likely N-dealkylation sites (tertiary alicyclic amines) is 1. The number of aryl methyl sites for hydroxylation is 2. The van der Waals surface area contributed by atoms with E-state index in [1.54, 1.807) is 27.8 Å². The van der Waals surface area contributed by atoms with Crippen LogP contribution in [0.15, 0.2) is 30.3 Å². The van der Waals surface area contributed by atoms with Crippen molar-refractivity contribution in [1.29, 1.82) is 0 Å². The molecule has 0 saturated carbocycles. The Balaban J connectivity index is 1.77. The minimum atomic E-state index is -0.537. The van der Waals surface area contributed by atoms with Gasteiger partial charge in [0, 0.05) is 42.2 Å². The summed E-state index contributed by atoms with van der Waals surface area (Å²) in [5.74, 6) is 0.0961. The molecule has 1 aliphatic heterocycles. The minimum Gasteiger partial charge on any atom is -0.493 e. The maximum atomic E-state index is 13.0. The molecule has 1 fully saturated rings. The third-order valence-electron chi connectivity index (χ3n) is 5.34. The Bertz CT molecular complexity index is 898. The molecule has 1 saturated heterocycles. The largest absolute Gasteiger partial charge is 0.493 e. The Labute approximate surface area is 175 Å². The van der Waals surface area contributed by atoms with Crippen molar-refractivity contribution in [3.05, 3.63) is 46.7 Å². The maximum absolute atomic E-state index is 13.0. The van der Waals surface area contributed by atoms with Gasteiger partial charge in [-0.3, -0.25) is 14.3 Å². The van der Waals surface area contributed by atoms with Crippen molar-refractivity contribution in [1.82, 2.24) is 14.7 Å². The van der Waals surface area contributed by atoms with E-state index in [-0.39, 0.29) is 18.9 Å². The summed E-state index contributed by atoms with van der Waals surface area (Å²) in [4.78, 5) is 26.6. The minimum absolute atomic E-state index is 0.128. The summed E-state index contributed by atoms with van der Waals surface area (Å²) >= 11 is 6.03. The van der Waals surface area contributed by atoms with Gasteiger partial charge in [-0.2, -0.15) is 5.10 Å². The lowest BCUT2D eigenvalue weighted by Crippen LogP contribution is -2.50. The number of nitrogens with zero attached hydrogens (tertiary/aromatic N) is 3. The number of piperidine rings is 1. The number of carbonyl (C=O) groups is 2. The quantitative estimate of drug-likeness (QED) is 0.748. The van der Waals surface area contributed by atoms with Crippen LogP contribution < -0.4 is 10.5 Å². The summed E-state index contributed by atoms with van der Waals surface area (Å²) in [6.45, 7) is 5.92. The van der Waals surface area contributed by atoms with Gasteiger partial charge in [-0.1, -0.05) is 17.7 Å². The normalized spacial score (nSPS) is 19.2. The van der Waals surface area contributed by atoms with E-state index in [4.69, 9.17) is 22.1 Å². The van der Waals surface area contributed by atoms with Crippen LogP contribution in [0.1, 0.15) is 42.4 Å². The Kier molecular flexibility index (Phi) is 6.47. The van der Waals surface area contributed by atoms with Crippen LogP contribution in [0.25, 0.3) is 0 Å².